The van der Waals surface area contributed by atoms with E-state index in [9.17, 15) is 0 Å². The minimum atomic E-state index is 0.174. The van der Waals surface area contributed by atoms with E-state index >= 15 is 0 Å². The van der Waals surface area contributed by atoms with Gasteiger partial charge >= 0.3 is 0 Å². The van der Waals surface area contributed by atoms with Gasteiger partial charge < -0.3 is 14.7 Å². The molecule has 6 rings (SSSR count). The number of aromatic nitrogens is 2. The maximum absolute atomic E-state index is 5.84. The van der Waals surface area contributed by atoms with Crippen LogP contribution in [0.5, 0.6) is 0 Å². The van der Waals surface area contributed by atoms with Crippen molar-refractivity contribution in [3.05, 3.63) is 30.2 Å². The first kappa shape index (κ1) is 17.2. The molecule has 5 nitrogen and oxygen atoms in total. The number of nitrogens with zero attached hydrogens (tertiary/aromatic N) is 3. The zero-order valence-corrected chi connectivity index (χ0v) is 16.4. The van der Waals surface area contributed by atoms with Gasteiger partial charge in [0.05, 0.1) is 5.41 Å². The summed E-state index contributed by atoms with van der Waals surface area (Å²) in [6, 6.07) is 8.39. The molecule has 144 valence electrons. The molecule has 1 heterocycles. The zero-order valence-electron chi connectivity index (χ0n) is 16.4. The third-order valence-electron chi connectivity index (χ3n) is 6.95. The quantitative estimate of drug-likeness (QED) is 0.831. The van der Waals surface area contributed by atoms with Crippen molar-refractivity contribution < 1.29 is 4.52 Å². The Balaban J connectivity index is 1.31. The van der Waals surface area contributed by atoms with Crippen molar-refractivity contribution in [1.82, 2.24) is 15.0 Å². The van der Waals surface area contributed by atoms with Crippen molar-refractivity contribution in [2.24, 2.45) is 17.8 Å². The second kappa shape index (κ2) is 6.62. The Morgan fingerprint density at radius 2 is 1.67 bits per heavy atom. The van der Waals surface area contributed by atoms with E-state index in [2.05, 4.69) is 53.7 Å². The van der Waals surface area contributed by atoms with Gasteiger partial charge in [0.1, 0.15) is 0 Å². The molecular formula is C22H30N4O. The van der Waals surface area contributed by atoms with Crippen molar-refractivity contribution in [2.45, 2.75) is 43.9 Å². The predicted octanol–water partition coefficient (Wildman–Crippen LogP) is 4.18. The number of rotatable bonds is 6. The topological polar surface area (TPSA) is 54.2 Å². The van der Waals surface area contributed by atoms with Crippen LogP contribution in [0.2, 0.25) is 0 Å². The number of hydrogen-bond donors (Lipinski definition) is 1. The molecule has 2 aromatic rings. The number of likely N-dealkylation sites (N-methyl/N-ethyl adjacent to an activating group) is 1. The lowest BCUT2D eigenvalue weighted by Gasteiger charge is -2.55. The summed E-state index contributed by atoms with van der Waals surface area (Å²) in [4.78, 5) is 7.05. The van der Waals surface area contributed by atoms with Crippen LogP contribution in [0.15, 0.2) is 28.8 Å². The van der Waals surface area contributed by atoms with Gasteiger partial charge in [-0.1, -0.05) is 5.16 Å². The molecule has 0 amide bonds. The molecule has 1 aromatic carbocycles. The molecule has 4 fully saturated rings. The van der Waals surface area contributed by atoms with E-state index in [0.29, 0.717) is 0 Å². The van der Waals surface area contributed by atoms with Crippen molar-refractivity contribution in [1.29, 1.82) is 0 Å². The Kier molecular flexibility index (Phi) is 4.23. The molecular weight excluding hydrogens is 336 g/mol. The maximum atomic E-state index is 5.84. The molecule has 4 aliphatic rings. The summed E-state index contributed by atoms with van der Waals surface area (Å²) in [7, 11) is 4.17. The largest absolute Gasteiger partial charge is 0.384 e. The third-order valence-corrected chi connectivity index (χ3v) is 6.95. The van der Waals surface area contributed by atoms with Crippen LogP contribution in [0, 0.1) is 17.8 Å². The number of benzene rings is 1. The highest BCUT2D eigenvalue weighted by Crippen LogP contribution is 2.60. The van der Waals surface area contributed by atoms with Gasteiger partial charge in [0, 0.05) is 24.3 Å². The van der Waals surface area contributed by atoms with E-state index < -0.39 is 0 Å². The molecule has 5 heteroatoms. The molecule has 4 saturated carbocycles. The van der Waals surface area contributed by atoms with E-state index in [1.54, 1.807) is 0 Å². The predicted molar refractivity (Wildman–Crippen MR) is 107 cm³/mol. The van der Waals surface area contributed by atoms with Crippen LogP contribution >= 0.6 is 0 Å². The maximum Gasteiger partial charge on any atom is 0.233 e. The highest BCUT2D eigenvalue weighted by molar-refractivity contribution is 5.59. The van der Waals surface area contributed by atoms with Crippen LogP contribution in [-0.2, 0) is 5.41 Å². The molecule has 1 aromatic heterocycles. The van der Waals surface area contributed by atoms with Gasteiger partial charge in [-0.3, -0.25) is 0 Å². The highest BCUT2D eigenvalue weighted by Gasteiger charge is 2.54. The van der Waals surface area contributed by atoms with Gasteiger partial charge in [-0.15, -0.1) is 0 Å². The molecule has 27 heavy (non-hydrogen) atoms. The Bertz CT molecular complexity index is 760. The third kappa shape index (κ3) is 3.27. The first-order valence-corrected chi connectivity index (χ1v) is 10.4. The SMILES string of the molecule is CN(C)CCNc1ccc(-c2noc(C34CC5CC(CC(C5)C3)C4)n2)cc1. The number of anilines is 1. The fraction of sp³-hybridized carbons (Fsp3) is 0.636. The molecule has 0 radical (unpaired) electrons. The van der Waals surface area contributed by atoms with Crippen LogP contribution in [0.25, 0.3) is 11.4 Å². The lowest BCUT2D eigenvalue weighted by atomic mass is 9.49. The molecule has 0 saturated heterocycles. The molecule has 4 aliphatic carbocycles. The average Bonchev–Trinajstić information content (AvgIpc) is 3.12. The van der Waals surface area contributed by atoms with Gasteiger partial charge in [-0.2, -0.15) is 4.98 Å². The van der Waals surface area contributed by atoms with Crippen LogP contribution in [0.4, 0.5) is 5.69 Å². The molecule has 0 aliphatic heterocycles. The van der Waals surface area contributed by atoms with Crippen molar-refractivity contribution in [2.75, 3.05) is 32.5 Å². The lowest BCUT2D eigenvalue weighted by Crippen LogP contribution is -2.48. The summed E-state index contributed by atoms with van der Waals surface area (Å²) < 4.78 is 5.84. The van der Waals surface area contributed by atoms with E-state index in [1.807, 2.05) is 0 Å². The van der Waals surface area contributed by atoms with Crippen LogP contribution in [0.3, 0.4) is 0 Å². The fourth-order valence-corrected chi connectivity index (χ4v) is 6.09. The fourth-order valence-electron chi connectivity index (χ4n) is 6.09. The second-order valence-electron chi connectivity index (χ2n) is 9.43. The van der Waals surface area contributed by atoms with Gasteiger partial charge in [-0.05, 0) is 94.6 Å². The summed E-state index contributed by atoms with van der Waals surface area (Å²) in [5.41, 5.74) is 2.34. The molecule has 0 atom stereocenters. The average molecular weight is 367 g/mol. The summed E-state index contributed by atoms with van der Waals surface area (Å²) in [6.45, 7) is 1.95. The molecule has 4 bridgehead atoms. The first-order chi connectivity index (χ1) is 13.1. The zero-order chi connectivity index (χ0) is 18.4. The second-order valence-corrected chi connectivity index (χ2v) is 9.43. The van der Waals surface area contributed by atoms with Crippen LogP contribution < -0.4 is 5.32 Å². The van der Waals surface area contributed by atoms with E-state index in [1.165, 1.54) is 38.5 Å². The smallest absolute Gasteiger partial charge is 0.233 e. The Labute approximate surface area is 161 Å². The van der Waals surface area contributed by atoms with E-state index in [-0.39, 0.29) is 5.41 Å². The summed E-state index contributed by atoms with van der Waals surface area (Å²) in [6.07, 6.45) is 8.08. The highest BCUT2D eigenvalue weighted by atomic mass is 16.5. The van der Waals surface area contributed by atoms with Crippen LogP contribution in [-0.4, -0.2) is 42.2 Å². The van der Waals surface area contributed by atoms with Gasteiger partial charge in [0.15, 0.2) is 0 Å². The standard InChI is InChI=1S/C22H30N4O/c1-26(2)8-7-23-19-5-3-18(4-6-19)20-24-21(27-25-20)22-12-15-9-16(13-22)11-17(10-15)14-22/h3-6,15-17,23H,7-14H2,1-2H3. The van der Waals surface area contributed by atoms with Crippen LogP contribution in [0.1, 0.15) is 44.4 Å². The van der Waals surface area contributed by atoms with Gasteiger partial charge in [0.2, 0.25) is 11.7 Å². The van der Waals surface area contributed by atoms with Crippen molar-refractivity contribution in [3.63, 3.8) is 0 Å². The Morgan fingerprint density at radius 3 is 2.26 bits per heavy atom. The Hall–Kier alpha value is -1.88. The minimum Gasteiger partial charge on any atom is -0.384 e. The Morgan fingerprint density at radius 1 is 1.04 bits per heavy atom. The van der Waals surface area contributed by atoms with Gasteiger partial charge in [0.25, 0.3) is 0 Å². The van der Waals surface area contributed by atoms with E-state index in [4.69, 9.17) is 9.51 Å². The molecule has 0 spiro atoms. The first-order valence-electron chi connectivity index (χ1n) is 10.4. The van der Waals surface area contributed by atoms with E-state index in [0.717, 1.165) is 53.8 Å². The molecule has 1 N–H and O–H groups in total. The number of hydrogen-bond acceptors (Lipinski definition) is 5. The normalized spacial score (nSPS) is 31.6. The van der Waals surface area contributed by atoms with Crippen molar-refractivity contribution in [3.8, 4) is 11.4 Å². The summed E-state index contributed by atoms with van der Waals surface area (Å²) in [5, 5.41) is 7.79. The monoisotopic (exact) mass is 366 g/mol. The van der Waals surface area contributed by atoms with Gasteiger partial charge in [-0.25, -0.2) is 0 Å². The van der Waals surface area contributed by atoms with Crippen molar-refractivity contribution >= 4 is 5.69 Å². The summed E-state index contributed by atoms with van der Waals surface area (Å²) >= 11 is 0. The molecule has 0 unspecified atom stereocenters. The summed E-state index contributed by atoms with van der Waals surface area (Å²) in [5.74, 6) is 4.31. The lowest BCUT2D eigenvalue weighted by molar-refractivity contribution is -0.0201. The number of nitrogens with one attached hydrogen (secondary N) is 1. The minimum absolute atomic E-state index is 0.174.